The van der Waals surface area contributed by atoms with E-state index < -0.39 is 17.7 Å². The van der Waals surface area contributed by atoms with E-state index in [1.54, 1.807) is 0 Å². The Balaban J connectivity index is 1.49. The van der Waals surface area contributed by atoms with E-state index in [0.717, 1.165) is 42.8 Å². The van der Waals surface area contributed by atoms with Crippen molar-refractivity contribution in [3.8, 4) is 0 Å². The maximum absolute atomic E-state index is 13.5. The molecule has 0 aliphatic carbocycles. The molecule has 2 aromatic rings. The summed E-state index contributed by atoms with van der Waals surface area (Å²) in [5.74, 6) is -1.82. The third-order valence-electron chi connectivity index (χ3n) is 5.01. The molecule has 2 aliphatic rings. The minimum absolute atomic E-state index is 0.103. The molecule has 1 N–H and O–H groups in total. The molecule has 3 heterocycles. The fourth-order valence-electron chi connectivity index (χ4n) is 3.78. The molecule has 3 atom stereocenters. The van der Waals surface area contributed by atoms with Gasteiger partial charge >= 0.3 is 6.09 Å². The van der Waals surface area contributed by atoms with Crippen molar-refractivity contribution in [1.82, 2.24) is 5.32 Å². The van der Waals surface area contributed by atoms with Crippen LogP contribution in [-0.4, -0.2) is 24.3 Å². The fourth-order valence-corrected chi connectivity index (χ4v) is 4.50. The smallest absolute Gasteiger partial charge is 0.415 e. The van der Waals surface area contributed by atoms with Crippen LogP contribution in [0.3, 0.4) is 0 Å². The summed E-state index contributed by atoms with van der Waals surface area (Å²) in [7, 11) is 0. The summed E-state index contributed by atoms with van der Waals surface area (Å²) < 4.78 is 32.5. The molecule has 0 radical (unpaired) electrons. The van der Waals surface area contributed by atoms with Crippen LogP contribution in [-0.2, 0) is 11.3 Å². The van der Waals surface area contributed by atoms with E-state index in [4.69, 9.17) is 4.74 Å². The van der Waals surface area contributed by atoms with Crippen molar-refractivity contribution >= 4 is 22.4 Å². The molecule has 1 aromatic carbocycles. The summed E-state index contributed by atoms with van der Waals surface area (Å²) in [6.07, 6.45) is 3.36. The zero-order valence-corrected chi connectivity index (χ0v) is 15.0. The molecular weight excluding hydrogens is 358 g/mol. The van der Waals surface area contributed by atoms with Gasteiger partial charge in [0.05, 0.1) is 6.54 Å². The van der Waals surface area contributed by atoms with Gasteiger partial charge < -0.3 is 10.1 Å². The van der Waals surface area contributed by atoms with Crippen molar-refractivity contribution in [3.63, 3.8) is 0 Å². The van der Waals surface area contributed by atoms with Crippen LogP contribution in [0.25, 0.3) is 0 Å². The van der Waals surface area contributed by atoms with E-state index in [1.165, 1.54) is 22.3 Å². The fraction of sp³-hybridized carbons (Fsp3) is 0.421. The molecule has 4 nitrogen and oxygen atoms in total. The molecule has 7 heteroatoms. The van der Waals surface area contributed by atoms with Crippen LogP contribution in [0.2, 0.25) is 0 Å². The topological polar surface area (TPSA) is 41.6 Å². The number of amides is 1. The zero-order valence-electron chi connectivity index (χ0n) is 14.2. The predicted molar refractivity (Wildman–Crippen MR) is 96.3 cm³/mol. The Morgan fingerprint density at radius 1 is 1.19 bits per heavy atom. The molecule has 2 fully saturated rings. The number of thiophene rings is 1. The SMILES string of the molecule is O=C(OC1C[C@H]2CC[C@@H](C1)N2)N(Cc1ccc(F)c(F)c1)c1cccs1. The van der Waals surface area contributed by atoms with Gasteiger partial charge in [0.25, 0.3) is 0 Å². The first kappa shape index (κ1) is 17.4. The number of carbonyl (C=O) groups is 1. The molecule has 2 bridgehead atoms. The second kappa shape index (κ2) is 7.32. The number of benzene rings is 1. The zero-order chi connectivity index (χ0) is 18.1. The van der Waals surface area contributed by atoms with Crippen molar-refractivity contribution < 1.29 is 18.3 Å². The average molecular weight is 378 g/mol. The van der Waals surface area contributed by atoms with Crippen LogP contribution < -0.4 is 10.2 Å². The second-order valence-electron chi connectivity index (χ2n) is 6.90. The molecule has 1 amide bonds. The Labute approximate surface area is 154 Å². The monoisotopic (exact) mass is 378 g/mol. The van der Waals surface area contributed by atoms with Gasteiger partial charge in [-0.05, 0) is 60.9 Å². The van der Waals surface area contributed by atoms with Crippen molar-refractivity contribution in [2.24, 2.45) is 0 Å². The van der Waals surface area contributed by atoms with Crippen LogP contribution in [0, 0.1) is 11.6 Å². The number of nitrogens with zero attached hydrogens (tertiary/aromatic N) is 1. The van der Waals surface area contributed by atoms with Crippen LogP contribution >= 0.6 is 11.3 Å². The van der Waals surface area contributed by atoms with Gasteiger partial charge in [-0.1, -0.05) is 6.07 Å². The number of halogens is 2. The molecule has 26 heavy (non-hydrogen) atoms. The number of hydrogen-bond acceptors (Lipinski definition) is 4. The van der Waals surface area contributed by atoms with Gasteiger partial charge in [-0.3, -0.25) is 4.90 Å². The van der Waals surface area contributed by atoms with E-state index in [-0.39, 0.29) is 12.6 Å². The van der Waals surface area contributed by atoms with E-state index in [1.807, 2.05) is 17.5 Å². The summed E-state index contributed by atoms with van der Waals surface area (Å²) in [5, 5.41) is 6.11. The van der Waals surface area contributed by atoms with Gasteiger partial charge in [0, 0.05) is 12.1 Å². The van der Waals surface area contributed by atoms with E-state index in [9.17, 15) is 13.6 Å². The maximum Gasteiger partial charge on any atom is 0.415 e. The van der Waals surface area contributed by atoms with Gasteiger partial charge in [0.15, 0.2) is 11.6 Å². The minimum Gasteiger partial charge on any atom is -0.446 e. The van der Waals surface area contributed by atoms with Crippen LogP contribution in [0.1, 0.15) is 31.2 Å². The number of fused-ring (bicyclic) bond motifs is 2. The largest absolute Gasteiger partial charge is 0.446 e. The Morgan fingerprint density at radius 2 is 1.96 bits per heavy atom. The lowest BCUT2D eigenvalue weighted by molar-refractivity contribution is 0.0720. The molecule has 1 unspecified atom stereocenters. The number of hydrogen-bond donors (Lipinski definition) is 1. The number of carbonyl (C=O) groups excluding carboxylic acids is 1. The Bertz CT molecular complexity index is 772. The lowest BCUT2D eigenvalue weighted by Gasteiger charge is -2.30. The summed E-state index contributed by atoms with van der Waals surface area (Å²) in [6.45, 7) is 0.133. The highest BCUT2D eigenvalue weighted by Gasteiger charge is 2.36. The molecule has 0 spiro atoms. The third-order valence-corrected chi connectivity index (χ3v) is 5.91. The Morgan fingerprint density at radius 3 is 2.62 bits per heavy atom. The highest BCUT2D eigenvalue weighted by molar-refractivity contribution is 7.14. The number of nitrogens with one attached hydrogen (secondary N) is 1. The minimum atomic E-state index is -0.920. The number of rotatable bonds is 4. The first-order valence-corrected chi connectivity index (χ1v) is 9.68. The summed E-state index contributed by atoms with van der Waals surface area (Å²) in [4.78, 5) is 14.3. The van der Waals surface area contributed by atoms with Crippen molar-refractivity contribution in [1.29, 1.82) is 0 Å². The van der Waals surface area contributed by atoms with Gasteiger partial charge in [-0.2, -0.15) is 0 Å². The van der Waals surface area contributed by atoms with E-state index in [2.05, 4.69) is 5.32 Å². The molecule has 2 aliphatic heterocycles. The van der Waals surface area contributed by atoms with Crippen LogP contribution in [0.5, 0.6) is 0 Å². The number of anilines is 1. The van der Waals surface area contributed by atoms with Gasteiger partial charge in [-0.15, -0.1) is 11.3 Å². The standard InChI is InChI=1S/C19H20F2N2O2S/c20-16-6-3-12(8-17(16)21)11-23(18-2-1-7-26-18)19(24)25-15-9-13-4-5-14(10-15)22-13/h1-3,6-8,13-15,22H,4-5,9-11H2/t13-,14+,15?. The van der Waals surface area contributed by atoms with Crippen molar-refractivity contribution in [2.45, 2.75) is 50.4 Å². The number of ether oxygens (including phenoxy) is 1. The first-order valence-electron chi connectivity index (χ1n) is 8.80. The maximum atomic E-state index is 13.5. The molecule has 0 saturated carbocycles. The molecule has 4 rings (SSSR count). The van der Waals surface area contributed by atoms with Gasteiger partial charge in [0.2, 0.25) is 0 Å². The third kappa shape index (κ3) is 3.73. The highest BCUT2D eigenvalue weighted by Crippen LogP contribution is 2.30. The lowest BCUT2D eigenvalue weighted by Crippen LogP contribution is -2.44. The summed E-state index contributed by atoms with van der Waals surface area (Å²) >= 11 is 1.41. The molecule has 138 valence electrons. The highest BCUT2D eigenvalue weighted by atomic mass is 32.1. The van der Waals surface area contributed by atoms with Gasteiger partial charge in [-0.25, -0.2) is 13.6 Å². The lowest BCUT2D eigenvalue weighted by atomic mass is 10.0. The van der Waals surface area contributed by atoms with E-state index in [0.29, 0.717) is 17.6 Å². The Kier molecular flexibility index (Phi) is 4.91. The van der Waals surface area contributed by atoms with Gasteiger partial charge in [0.1, 0.15) is 11.1 Å². The van der Waals surface area contributed by atoms with Crippen molar-refractivity contribution in [3.05, 3.63) is 52.9 Å². The van der Waals surface area contributed by atoms with Crippen LogP contribution in [0.4, 0.5) is 18.6 Å². The van der Waals surface area contributed by atoms with Crippen LogP contribution in [0.15, 0.2) is 35.7 Å². The molecular formula is C19H20F2N2O2S. The Hall–Kier alpha value is -1.99. The van der Waals surface area contributed by atoms with Crippen molar-refractivity contribution in [2.75, 3.05) is 4.90 Å². The first-order chi connectivity index (χ1) is 12.6. The quantitative estimate of drug-likeness (QED) is 0.855. The second-order valence-corrected chi connectivity index (χ2v) is 7.83. The average Bonchev–Trinajstić information content (AvgIpc) is 3.25. The predicted octanol–water partition coefficient (Wildman–Crippen LogP) is 4.45. The summed E-state index contributed by atoms with van der Waals surface area (Å²) in [5.41, 5.74) is 0.514. The number of piperidine rings is 1. The van der Waals surface area contributed by atoms with E-state index >= 15 is 0 Å². The normalized spacial score (nSPS) is 24.5. The summed E-state index contributed by atoms with van der Waals surface area (Å²) in [6, 6.07) is 8.19. The molecule has 2 saturated heterocycles. The molecule has 1 aromatic heterocycles.